The van der Waals surface area contributed by atoms with Crippen molar-refractivity contribution in [3.8, 4) is 0 Å². The first-order valence-corrected chi connectivity index (χ1v) is 13.2. The molecule has 0 bridgehead atoms. The van der Waals surface area contributed by atoms with Crippen LogP contribution in [0.1, 0.15) is 25.8 Å². The molecule has 32 heavy (non-hydrogen) atoms. The summed E-state index contributed by atoms with van der Waals surface area (Å²) in [5, 5.41) is 1.14. The minimum absolute atomic E-state index is 0.0526. The van der Waals surface area contributed by atoms with E-state index < -0.39 is 0 Å². The topological polar surface area (TPSA) is 20.3 Å². The second kappa shape index (κ2) is 10.2. The summed E-state index contributed by atoms with van der Waals surface area (Å²) >= 11 is 5.14. The number of Topliss-reactive ketones (excluding diaryl/α,β-unsaturated/α-hetero) is 1. The molecule has 1 fully saturated rings. The highest BCUT2D eigenvalue weighted by Gasteiger charge is 2.33. The third-order valence-corrected chi connectivity index (χ3v) is 9.22. The quantitative estimate of drug-likeness (QED) is 0.319. The van der Waals surface area contributed by atoms with Gasteiger partial charge in [-0.15, -0.1) is 0 Å². The molecule has 2 aliphatic heterocycles. The van der Waals surface area contributed by atoms with Crippen LogP contribution < -0.4 is 4.90 Å². The minimum atomic E-state index is -0.0526. The van der Waals surface area contributed by atoms with E-state index in [1.165, 1.54) is 25.9 Å². The predicted molar refractivity (Wildman–Crippen MR) is 142 cm³/mol. The molecular weight excluding hydrogens is 451 g/mol. The number of thioether (sulfide) groups is 3. The van der Waals surface area contributed by atoms with Crippen LogP contribution in [-0.4, -0.2) is 12.8 Å². The van der Waals surface area contributed by atoms with Crippen molar-refractivity contribution in [3.63, 3.8) is 0 Å². The summed E-state index contributed by atoms with van der Waals surface area (Å²) in [5.41, 5.74) is 2.48. The number of rotatable bonds is 5. The van der Waals surface area contributed by atoms with Crippen molar-refractivity contribution in [2.75, 3.05) is 11.9 Å². The van der Waals surface area contributed by atoms with Gasteiger partial charge in [0.2, 0.25) is 0 Å². The van der Waals surface area contributed by atoms with E-state index in [1.807, 2.05) is 6.08 Å². The molecule has 2 heterocycles. The standard InChI is InChI=1S/C27H27NOS3/c1-5-19(30-22-13-9-7-11-18(22)3)17-25-20(6-2)27(29)24(31-25)15-16-26-28(4)21-12-8-10-14-23(21)32-26/h5,7-17,20H,6H2,1-4H3/b19-5?,24-15-,25-17-,26-16-/t20-/m1/s1. The third kappa shape index (κ3) is 4.80. The first-order chi connectivity index (χ1) is 15.5. The summed E-state index contributed by atoms with van der Waals surface area (Å²) in [7, 11) is 2.08. The summed E-state index contributed by atoms with van der Waals surface area (Å²) < 4.78 is 0. The average Bonchev–Trinajstić information content (AvgIpc) is 3.28. The van der Waals surface area contributed by atoms with E-state index >= 15 is 0 Å². The monoisotopic (exact) mass is 477 g/mol. The van der Waals surface area contributed by atoms with E-state index in [2.05, 4.69) is 99.5 Å². The van der Waals surface area contributed by atoms with Crippen LogP contribution in [0.2, 0.25) is 0 Å². The van der Waals surface area contributed by atoms with Gasteiger partial charge in [-0.3, -0.25) is 4.79 Å². The molecule has 1 atom stereocenters. The zero-order valence-electron chi connectivity index (χ0n) is 18.8. The van der Waals surface area contributed by atoms with Crippen molar-refractivity contribution in [1.82, 2.24) is 0 Å². The Kier molecular flexibility index (Phi) is 7.39. The summed E-state index contributed by atoms with van der Waals surface area (Å²) in [5.74, 6) is 0.184. The minimum Gasteiger partial charge on any atom is -0.338 e. The van der Waals surface area contributed by atoms with Gasteiger partial charge in [-0.25, -0.2) is 0 Å². The number of hydrogen-bond donors (Lipinski definition) is 0. The molecule has 164 valence electrons. The van der Waals surface area contributed by atoms with Gasteiger partial charge in [0, 0.05) is 26.6 Å². The second-order valence-corrected chi connectivity index (χ2v) is 11.0. The average molecular weight is 478 g/mol. The predicted octanol–water partition coefficient (Wildman–Crippen LogP) is 8.18. The molecule has 0 amide bonds. The lowest BCUT2D eigenvalue weighted by Gasteiger charge is -2.12. The number of nitrogens with zero attached hydrogens (tertiary/aromatic N) is 1. The van der Waals surface area contributed by atoms with E-state index in [4.69, 9.17) is 0 Å². The Morgan fingerprint density at radius 3 is 2.56 bits per heavy atom. The summed E-state index contributed by atoms with van der Waals surface area (Å²) in [6, 6.07) is 16.8. The number of anilines is 1. The van der Waals surface area contributed by atoms with Crippen molar-refractivity contribution >= 4 is 46.8 Å². The summed E-state index contributed by atoms with van der Waals surface area (Å²) in [6.45, 7) is 6.29. The van der Waals surface area contributed by atoms with Gasteiger partial charge in [-0.1, -0.05) is 78.6 Å². The molecule has 0 spiro atoms. The number of aryl methyl sites for hydroxylation is 1. The molecule has 5 heteroatoms. The zero-order chi connectivity index (χ0) is 22.7. The number of para-hydroxylation sites is 1. The van der Waals surface area contributed by atoms with Gasteiger partial charge in [0.1, 0.15) is 0 Å². The van der Waals surface area contributed by atoms with Gasteiger partial charge < -0.3 is 4.90 Å². The number of ketones is 1. The van der Waals surface area contributed by atoms with Crippen LogP contribution in [0.15, 0.2) is 102 Å². The summed E-state index contributed by atoms with van der Waals surface area (Å²) in [6.07, 6.45) is 9.24. The van der Waals surface area contributed by atoms with Crippen LogP contribution in [0.25, 0.3) is 0 Å². The van der Waals surface area contributed by atoms with Crippen molar-refractivity contribution in [2.24, 2.45) is 5.92 Å². The Morgan fingerprint density at radius 2 is 1.84 bits per heavy atom. The molecule has 1 saturated heterocycles. The lowest BCUT2D eigenvalue weighted by molar-refractivity contribution is -0.117. The van der Waals surface area contributed by atoms with Crippen LogP contribution >= 0.6 is 35.3 Å². The molecule has 2 aromatic rings. The van der Waals surface area contributed by atoms with Gasteiger partial charge in [0.25, 0.3) is 0 Å². The van der Waals surface area contributed by atoms with Crippen LogP contribution in [0.3, 0.4) is 0 Å². The summed E-state index contributed by atoms with van der Waals surface area (Å²) in [4.78, 5) is 21.0. The molecule has 2 aliphatic rings. The van der Waals surface area contributed by atoms with E-state index in [-0.39, 0.29) is 11.7 Å². The van der Waals surface area contributed by atoms with Crippen molar-refractivity contribution in [3.05, 3.63) is 98.1 Å². The van der Waals surface area contributed by atoms with Crippen LogP contribution in [-0.2, 0) is 4.79 Å². The SMILES string of the molecule is CC=C(/C=C1\S/C(=C\C=C2/Sc3ccccc3N2C)C(=O)[C@@H]1CC)Sc1ccccc1C. The van der Waals surface area contributed by atoms with Crippen LogP contribution in [0, 0.1) is 12.8 Å². The first kappa shape index (κ1) is 23.1. The smallest absolute Gasteiger partial charge is 0.177 e. The number of allylic oxidation sites excluding steroid dienone is 6. The number of fused-ring (bicyclic) bond motifs is 1. The van der Waals surface area contributed by atoms with E-state index in [0.29, 0.717) is 0 Å². The van der Waals surface area contributed by atoms with E-state index in [0.717, 1.165) is 21.3 Å². The Labute approximate surface area is 203 Å². The highest BCUT2D eigenvalue weighted by atomic mass is 32.2. The van der Waals surface area contributed by atoms with Gasteiger partial charge in [-0.05, 0) is 62.3 Å². The molecule has 2 aromatic carbocycles. The fourth-order valence-electron chi connectivity index (χ4n) is 3.71. The lowest BCUT2D eigenvalue weighted by Crippen LogP contribution is -2.09. The van der Waals surface area contributed by atoms with Crippen LogP contribution in [0.4, 0.5) is 5.69 Å². The Hall–Kier alpha value is -2.08. The highest BCUT2D eigenvalue weighted by Crippen LogP contribution is 2.47. The lowest BCUT2D eigenvalue weighted by atomic mass is 10.00. The highest BCUT2D eigenvalue weighted by molar-refractivity contribution is 8.08. The fourth-order valence-corrected chi connectivity index (χ4v) is 7.00. The molecular formula is C27H27NOS3. The normalized spacial score (nSPS) is 22.4. The number of carbonyl (C=O) groups excluding carboxylic acids is 1. The van der Waals surface area contributed by atoms with E-state index in [1.54, 1.807) is 35.3 Å². The first-order valence-electron chi connectivity index (χ1n) is 10.8. The van der Waals surface area contributed by atoms with Crippen molar-refractivity contribution in [1.29, 1.82) is 0 Å². The molecule has 0 unspecified atom stereocenters. The molecule has 0 aliphatic carbocycles. The molecule has 0 aromatic heterocycles. The van der Waals surface area contributed by atoms with Gasteiger partial charge in [-0.2, -0.15) is 0 Å². The maximum atomic E-state index is 13.1. The number of benzene rings is 2. The second-order valence-electron chi connectivity index (χ2n) is 7.70. The van der Waals surface area contributed by atoms with Gasteiger partial charge in [0.15, 0.2) is 5.78 Å². The Balaban J connectivity index is 1.56. The molecule has 0 N–H and O–H groups in total. The molecule has 4 rings (SSSR count). The van der Waals surface area contributed by atoms with Crippen LogP contribution in [0.5, 0.6) is 0 Å². The molecule has 2 nitrogen and oxygen atoms in total. The largest absolute Gasteiger partial charge is 0.338 e. The van der Waals surface area contributed by atoms with E-state index in [9.17, 15) is 4.79 Å². The van der Waals surface area contributed by atoms with Gasteiger partial charge >= 0.3 is 0 Å². The van der Waals surface area contributed by atoms with Gasteiger partial charge in [0.05, 0.1) is 21.5 Å². The maximum Gasteiger partial charge on any atom is 0.177 e. The fraction of sp³-hybridized carbons (Fsp3) is 0.222. The molecule has 0 saturated carbocycles. The Morgan fingerprint density at radius 1 is 1.09 bits per heavy atom. The van der Waals surface area contributed by atoms with Crippen molar-refractivity contribution < 1.29 is 4.79 Å². The zero-order valence-corrected chi connectivity index (χ0v) is 21.2. The molecule has 0 radical (unpaired) electrons. The number of hydrogen-bond acceptors (Lipinski definition) is 5. The Bertz CT molecular complexity index is 1160. The number of carbonyl (C=O) groups is 1. The third-order valence-electron chi connectivity index (χ3n) is 5.58. The van der Waals surface area contributed by atoms with Crippen molar-refractivity contribution in [2.45, 2.75) is 37.0 Å². The maximum absolute atomic E-state index is 13.1.